The molecule has 2 aliphatic rings. The standard InChI is InChI=1S/C23H28N2O4S/c1-8-29-21(27)15(4)25-20(26)19(30-22(25)28)11-16-10-17-14(3)12-23(5,6)24(7)18(17)9-13(16)2/h9-12,15H,8H2,1-7H3/b19-11-. The van der Waals surface area contributed by atoms with E-state index in [1.54, 1.807) is 13.0 Å². The Bertz CT molecular complexity index is 993. The van der Waals surface area contributed by atoms with Crippen LogP contribution in [0.5, 0.6) is 0 Å². The van der Waals surface area contributed by atoms with Crippen LogP contribution in [0.1, 0.15) is 51.3 Å². The van der Waals surface area contributed by atoms with Gasteiger partial charge in [0.25, 0.3) is 11.1 Å². The molecule has 0 aliphatic carbocycles. The Morgan fingerprint density at radius 2 is 1.93 bits per heavy atom. The number of anilines is 1. The Labute approximate surface area is 181 Å². The van der Waals surface area contributed by atoms with Gasteiger partial charge < -0.3 is 9.64 Å². The largest absolute Gasteiger partial charge is 0.464 e. The number of hydrogen-bond donors (Lipinski definition) is 0. The molecular weight excluding hydrogens is 400 g/mol. The van der Waals surface area contributed by atoms with Gasteiger partial charge in [0.05, 0.1) is 17.1 Å². The lowest BCUT2D eigenvalue weighted by Gasteiger charge is -2.41. The maximum absolute atomic E-state index is 12.9. The summed E-state index contributed by atoms with van der Waals surface area (Å²) in [5.74, 6) is -1.05. The van der Waals surface area contributed by atoms with E-state index in [1.165, 1.54) is 12.5 Å². The molecule has 0 radical (unpaired) electrons. The first-order chi connectivity index (χ1) is 14.0. The fourth-order valence-corrected chi connectivity index (χ4v) is 4.70. The molecule has 1 aromatic rings. The fourth-order valence-electron chi connectivity index (χ4n) is 3.80. The molecule has 1 fully saturated rings. The molecule has 2 aliphatic heterocycles. The predicted octanol–water partition coefficient (Wildman–Crippen LogP) is 4.61. The molecule has 0 N–H and O–H groups in total. The minimum Gasteiger partial charge on any atom is -0.464 e. The van der Waals surface area contributed by atoms with Crippen molar-refractivity contribution in [1.82, 2.24) is 4.90 Å². The minimum absolute atomic E-state index is 0.0864. The SMILES string of the molecule is CCOC(=O)C(C)N1C(=O)S/C(=C\c2cc3c(cc2C)N(C)C(C)(C)C=C3C)C1=O. The van der Waals surface area contributed by atoms with Crippen molar-refractivity contribution >= 4 is 46.2 Å². The zero-order valence-corrected chi connectivity index (χ0v) is 19.3. The molecule has 1 saturated heterocycles. The summed E-state index contributed by atoms with van der Waals surface area (Å²) in [6.45, 7) is 11.8. The first-order valence-corrected chi connectivity index (χ1v) is 10.8. The van der Waals surface area contributed by atoms with Crippen molar-refractivity contribution in [3.8, 4) is 0 Å². The molecule has 3 rings (SSSR count). The van der Waals surface area contributed by atoms with Crippen molar-refractivity contribution in [3.63, 3.8) is 0 Å². The number of nitrogens with zero attached hydrogens (tertiary/aromatic N) is 2. The maximum Gasteiger partial charge on any atom is 0.329 e. The van der Waals surface area contributed by atoms with Crippen LogP contribution in [0.2, 0.25) is 0 Å². The topological polar surface area (TPSA) is 66.9 Å². The van der Waals surface area contributed by atoms with Gasteiger partial charge in [-0.25, -0.2) is 4.79 Å². The summed E-state index contributed by atoms with van der Waals surface area (Å²) in [6, 6.07) is 3.23. The highest BCUT2D eigenvalue weighted by molar-refractivity contribution is 8.18. The van der Waals surface area contributed by atoms with Crippen LogP contribution < -0.4 is 4.90 Å². The Morgan fingerprint density at radius 3 is 2.57 bits per heavy atom. The van der Waals surface area contributed by atoms with Crippen molar-refractivity contribution in [2.24, 2.45) is 0 Å². The number of rotatable bonds is 4. The van der Waals surface area contributed by atoms with Gasteiger partial charge in [-0.3, -0.25) is 14.5 Å². The summed E-state index contributed by atoms with van der Waals surface area (Å²) < 4.78 is 4.96. The van der Waals surface area contributed by atoms with Crippen molar-refractivity contribution < 1.29 is 19.1 Å². The molecule has 2 heterocycles. The van der Waals surface area contributed by atoms with E-state index < -0.39 is 23.2 Å². The quantitative estimate of drug-likeness (QED) is 0.515. The van der Waals surface area contributed by atoms with E-state index in [1.807, 2.05) is 6.92 Å². The molecule has 1 aromatic carbocycles. The van der Waals surface area contributed by atoms with Gasteiger partial charge in [0.15, 0.2) is 0 Å². The second kappa shape index (κ2) is 7.95. The Morgan fingerprint density at radius 1 is 1.27 bits per heavy atom. The van der Waals surface area contributed by atoms with E-state index in [0.29, 0.717) is 4.91 Å². The summed E-state index contributed by atoms with van der Waals surface area (Å²) >= 11 is 0.853. The van der Waals surface area contributed by atoms with E-state index in [9.17, 15) is 14.4 Å². The third-order valence-electron chi connectivity index (χ3n) is 5.73. The van der Waals surface area contributed by atoms with Gasteiger partial charge in [-0.1, -0.05) is 6.08 Å². The van der Waals surface area contributed by atoms with Crippen molar-refractivity contribution in [2.75, 3.05) is 18.6 Å². The molecule has 0 aromatic heterocycles. The molecule has 0 saturated carbocycles. The number of carbonyl (C=O) groups is 3. The zero-order valence-electron chi connectivity index (χ0n) is 18.5. The molecule has 0 spiro atoms. The van der Waals surface area contributed by atoms with E-state index in [0.717, 1.165) is 39.0 Å². The molecule has 160 valence electrons. The van der Waals surface area contributed by atoms with Crippen LogP contribution in [0.15, 0.2) is 23.1 Å². The Balaban J connectivity index is 1.97. The van der Waals surface area contributed by atoms with Crippen LogP contribution in [0.4, 0.5) is 10.5 Å². The van der Waals surface area contributed by atoms with Crippen molar-refractivity contribution in [3.05, 3.63) is 39.8 Å². The minimum atomic E-state index is -0.950. The molecule has 30 heavy (non-hydrogen) atoms. The Kier molecular flexibility index (Phi) is 5.87. The van der Waals surface area contributed by atoms with Crippen LogP contribution in [0.25, 0.3) is 11.6 Å². The maximum atomic E-state index is 12.9. The van der Waals surface area contributed by atoms with E-state index in [4.69, 9.17) is 4.74 Å². The lowest BCUT2D eigenvalue weighted by atomic mass is 9.87. The van der Waals surface area contributed by atoms with Crippen LogP contribution in [-0.4, -0.2) is 47.3 Å². The molecule has 1 atom stereocenters. The lowest BCUT2D eigenvalue weighted by Crippen LogP contribution is -2.42. The third kappa shape index (κ3) is 3.78. The second-order valence-electron chi connectivity index (χ2n) is 8.25. The number of likely N-dealkylation sites (N-methyl/N-ethyl adjacent to an activating group) is 1. The number of thioether (sulfide) groups is 1. The molecule has 0 bridgehead atoms. The zero-order chi connectivity index (χ0) is 22.4. The van der Waals surface area contributed by atoms with E-state index >= 15 is 0 Å². The van der Waals surface area contributed by atoms with Gasteiger partial charge in [-0.15, -0.1) is 0 Å². The molecular formula is C23H28N2O4S. The predicted molar refractivity (Wildman–Crippen MR) is 121 cm³/mol. The number of aryl methyl sites for hydroxylation is 1. The lowest BCUT2D eigenvalue weighted by molar-refractivity contribution is -0.150. The van der Waals surface area contributed by atoms with Gasteiger partial charge in [-0.2, -0.15) is 0 Å². The number of fused-ring (bicyclic) bond motifs is 1. The smallest absolute Gasteiger partial charge is 0.329 e. The van der Waals surface area contributed by atoms with Gasteiger partial charge in [0.2, 0.25) is 0 Å². The van der Waals surface area contributed by atoms with Gasteiger partial charge in [-0.05, 0) is 88.2 Å². The summed E-state index contributed by atoms with van der Waals surface area (Å²) in [4.78, 5) is 40.8. The fraction of sp³-hybridized carbons (Fsp3) is 0.435. The van der Waals surface area contributed by atoms with Gasteiger partial charge >= 0.3 is 5.97 Å². The van der Waals surface area contributed by atoms with E-state index in [-0.39, 0.29) is 12.1 Å². The third-order valence-corrected chi connectivity index (χ3v) is 6.61. The highest BCUT2D eigenvalue weighted by Gasteiger charge is 2.41. The van der Waals surface area contributed by atoms with Gasteiger partial charge in [0, 0.05) is 18.3 Å². The normalized spacial score (nSPS) is 20.4. The monoisotopic (exact) mass is 428 g/mol. The van der Waals surface area contributed by atoms with Gasteiger partial charge in [0.1, 0.15) is 6.04 Å². The van der Waals surface area contributed by atoms with Crippen molar-refractivity contribution in [1.29, 1.82) is 0 Å². The molecule has 2 amide bonds. The number of benzene rings is 1. The summed E-state index contributed by atoms with van der Waals surface area (Å²) in [5, 5.41) is -0.458. The second-order valence-corrected chi connectivity index (χ2v) is 9.24. The number of allylic oxidation sites excluding steroid dienone is 1. The van der Waals surface area contributed by atoms with Crippen LogP contribution in [0.3, 0.4) is 0 Å². The number of imide groups is 1. The van der Waals surface area contributed by atoms with Crippen molar-refractivity contribution in [2.45, 2.75) is 53.1 Å². The van der Waals surface area contributed by atoms with Crippen LogP contribution in [-0.2, 0) is 14.3 Å². The molecule has 1 unspecified atom stereocenters. The first kappa shape index (κ1) is 22.2. The summed E-state index contributed by atoms with van der Waals surface area (Å²) in [5.41, 5.74) is 5.22. The number of ether oxygens (including phenoxy) is 1. The van der Waals surface area contributed by atoms with Crippen LogP contribution >= 0.6 is 11.8 Å². The van der Waals surface area contributed by atoms with E-state index in [2.05, 4.69) is 50.9 Å². The molecule has 7 heteroatoms. The average molecular weight is 429 g/mol. The highest BCUT2D eigenvalue weighted by atomic mass is 32.2. The summed E-state index contributed by atoms with van der Waals surface area (Å²) in [7, 11) is 2.07. The average Bonchev–Trinajstić information content (AvgIpc) is 2.93. The molecule has 6 nitrogen and oxygen atoms in total. The first-order valence-electron chi connectivity index (χ1n) is 10.00. The van der Waals surface area contributed by atoms with Crippen LogP contribution in [0, 0.1) is 6.92 Å². The number of amides is 2. The highest BCUT2D eigenvalue weighted by Crippen LogP contribution is 2.41. The Hall–Kier alpha value is -2.54. The number of esters is 1. The number of carbonyl (C=O) groups excluding carboxylic acids is 3. The summed E-state index contributed by atoms with van der Waals surface area (Å²) in [6.07, 6.45) is 3.97. The number of hydrogen-bond acceptors (Lipinski definition) is 6.